The van der Waals surface area contributed by atoms with Crippen molar-refractivity contribution in [1.29, 1.82) is 0 Å². The summed E-state index contributed by atoms with van der Waals surface area (Å²) in [7, 11) is 0. The molecule has 2 rings (SSSR count). The number of alkyl halides is 2. The number of hydrogen-bond donors (Lipinski definition) is 1. The zero-order valence-corrected chi connectivity index (χ0v) is 12.2. The zero-order valence-electron chi connectivity index (χ0n) is 12.2. The Kier molecular flexibility index (Phi) is 4.69. The van der Waals surface area contributed by atoms with Gasteiger partial charge < -0.3 is 5.32 Å². The average Bonchev–Trinajstić information content (AvgIpc) is 2.85. The summed E-state index contributed by atoms with van der Waals surface area (Å²) in [5.74, 6) is 0. The van der Waals surface area contributed by atoms with Crippen molar-refractivity contribution in [3.8, 4) is 0 Å². The average molecular weight is 310 g/mol. The molecule has 0 spiro atoms. The minimum Gasteiger partial charge on any atom is -0.376 e. The summed E-state index contributed by atoms with van der Waals surface area (Å²) in [5, 5.41) is 17.9. The van der Waals surface area contributed by atoms with Gasteiger partial charge in [-0.1, -0.05) is 12.1 Å². The van der Waals surface area contributed by atoms with Crippen molar-refractivity contribution in [2.45, 2.75) is 32.9 Å². The van der Waals surface area contributed by atoms with Gasteiger partial charge >= 0.3 is 0 Å². The molecule has 1 aromatic heterocycles. The van der Waals surface area contributed by atoms with E-state index in [2.05, 4.69) is 10.4 Å². The minimum absolute atomic E-state index is 0.0551. The minimum atomic E-state index is -2.47. The summed E-state index contributed by atoms with van der Waals surface area (Å²) in [6.07, 6.45) is 0.456. The van der Waals surface area contributed by atoms with E-state index in [1.54, 1.807) is 19.1 Å². The SMILES string of the molecule is Cc1ccc([C@H](C)Nc2cnn(CC(F)F)c2)cc1[N+](=O)[O-]. The molecular formula is C14H16F2N4O2. The molecule has 0 saturated carbocycles. The fraction of sp³-hybridized carbons (Fsp3) is 0.357. The number of nitrogens with zero attached hydrogens (tertiary/aromatic N) is 3. The Morgan fingerprint density at radius 3 is 2.82 bits per heavy atom. The number of nitro benzene ring substituents is 1. The molecule has 0 aliphatic rings. The molecule has 0 bridgehead atoms. The van der Waals surface area contributed by atoms with Crippen LogP contribution in [0.15, 0.2) is 30.6 Å². The van der Waals surface area contributed by atoms with E-state index in [1.807, 2.05) is 6.92 Å². The molecule has 22 heavy (non-hydrogen) atoms. The predicted octanol–water partition coefficient (Wildman–Crippen LogP) is 3.54. The van der Waals surface area contributed by atoms with Gasteiger partial charge in [0.15, 0.2) is 0 Å². The largest absolute Gasteiger partial charge is 0.376 e. The standard InChI is InChI=1S/C14H16F2N4O2/c1-9-3-4-11(5-13(9)20(21)22)10(2)18-12-6-17-19(7-12)8-14(15)16/h3-7,10,14,18H,8H2,1-2H3/t10-/m0/s1. The van der Waals surface area contributed by atoms with Crippen LogP contribution in [0.3, 0.4) is 0 Å². The topological polar surface area (TPSA) is 73.0 Å². The highest BCUT2D eigenvalue weighted by atomic mass is 19.3. The smallest absolute Gasteiger partial charge is 0.272 e. The molecule has 1 heterocycles. The van der Waals surface area contributed by atoms with Gasteiger partial charge in [0.05, 0.1) is 16.8 Å². The van der Waals surface area contributed by atoms with E-state index in [-0.39, 0.29) is 11.7 Å². The third kappa shape index (κ3) is 3.78. The Bertz CT molecular complexity index is 673. The van der Waals surface area contributed by atoms with Crippen LogP contribution in [-0.4, -0.2) is 21.1 Å². The first-order valence-electron chi connectivity index (χ1n) is 6.69. The highest BCUT2D eigenvalue weighted by Crippen LogP contribution is 2.25. The van der Waals surface area contributed by atoms with Gasteiger partial charge in [-0.15, -0.1) is 0 Å². The first-order chi connectivity index (χ1) is 10.4. The van der Waals surface area contributed by atoms with Crippen LogP contribution < -0.4 is 5.32 Å². The van der Waals surface area contributed by atoms with Crippen LogP contribution in [0.5, 0.6) is 0 Å². The van der Waals surface area contributed by atoms with Gasteiger partial charge in [0.2, 0.25) is 0 Å². The van der Waals surface area contributed by atoms with E-state index in [0.29, 0.717) is 11.3 Å². The molecule has 1 aromatic carbocycles. The fourth-order valence-electron chi connectivity index (χ4n) is 2.11. The van der Waals surface area contributed by atoms with Gasteiger partial charge in [0.1, 0.15) is 6.54 Å². The molecule has 8 heteroatoms. The molecule has 0 radical (unpaired) electrons. The van der Waals surface area contributed by atoms with Crippen molar-refractivity contribution in [1.82, 2.24) is 9.78 Å². The van der Waals surface area contributed by atoms with Crippen LogP contribution in [0.1, 0.15) is 24.1 Å². The van der Waals surface area contributed by atoms with Crippen LogP contribution in [0.25, 0.3) is 0 Å². The summed E-state index contributed by atoms with van der Waals surface area (Å²) in [6.45, 7) is 3.04. The Morgan fingerprint density at radius 2 is 2.18 bits per heavy atom. The molecule has 0 fully saturated rings. The Balaban J connectivity index is 2.12. The van der Waals surface area contributed by atoms with Gasteiger partial charge in [-0.25, -0.2) is 8.78 Å². The highest BCUT2D eigenvalue weighted by Gasteiger charge is 2.15. The van der Waals surface area contributed by atoms with E-state index < -0.39 is 17.9 Å². The summed E-state index contributed by atoms with van der Waals surface area (Å²) >= 11 is 0. The van der Waals surface area contributed by atoms with Crippen molar-refractivity contribution in [2.75, 3.05) is 5.32 Å². The van der Waals surface area contributed by atoms with Crippen LogP contribution >= 0.6 is 0 Å². The lowest BCUT2D eigenvalue weighted by molar-refractivity contribution is -0.385. The molecule has 1 N–H and O–H groups in total. The molecule has 0 aliphatic carbocycles. The molecule has 118 valence electrons. The first kappa shape index (κ1) is 15.9. The highest BCUT2D eigenvalue weighted by molar-refractivity contribution is 5.47. The Hall–Kier alpha value is -2.51. The molecule has 0 saturated heterocycles. The van der Waals surface area contributed by atoms with Gasteiger partial charge in [0.25, 0.3) is 12.1 Å². The van der Waals surface area contributed by atoms with Crippen LogP contribution in [0, 0.1) is 17.0 Å². The maximum absolute atomic E-state index is 12.3. The molecule has 6 nitrogen and oxygen atoms in total. The molecule has 0 aliphatic heterocycles. The second-order valence-electron chi connectivity index (χ2n) is 5.01. The number of nitro groups is 1. The van der Waals surface area contributed by atoms with Crippen molar-refractivity contribution in [3.05, 3.63) is 51.8 Å². The lowest BCUT2D eigenvalue weighted by Crippen LogP contribution is -2.08. The summed E-state index contributed by atoms with van der Waals surface area (Å²) in [5.41, 5.74) is 1.96. The van der Waals surface area contributed by atoms with E-state index in [4.69, 9.17) is 0 Å². The number of rotatable bonds is 6. The van der Waals surface area contributed by atoms with Crippen LogP contribution in [-0.2, 0) is 6.54 Å². The number of hydrogen-bond acceptors (Lipinski definition) is 4. The molecule has 0 amide bonds. The number of halogens is 2. The molecular weight excluding hydrogens is 294 g/mol. The predicted molar refractivity (Wildman–Crippen MR) is 78.1 cm³/mol. The monoisotopic (exact) mass is 310 g/mol. The van der Waals surface area contributed by atoms with E-state index >= 15 is 0 Å². The fourth-order valence-corrected chi connectivity index (χ4v) is 2.11. The van der Waals surface area contributed by atoms with Crippen LogP contribution in [0.4, 0.5) is 20.2 Å². The third-order valence-corrected chi connectivity index (χ3v) is 3.27. The number of benzene rings is 1. The Morgan fingerprint density at radius 1 is 1.45 bits per heavy atom. The third-order valence-electron chi connectivity index (χ3n) is 3.27. The van der Waals surface area contributed by atoms with Crippen LogP contribution in [0.2, 0.25) is 0 Å². The Labute approximate surface area is 125 Å². The van der Waals surface area contributed by atoms with E-state index in [0.717, 1.165) is 10.2 Å². The maximum atomic E-state index is 12.3. The van der Waals surface area contributed by atoms with Crippen molar-refractivity contribution < 1.29 is 13.7 Å². The first-order valence-corrected chi connectivity index (χ1v) is 6.69. The molecule has 0 unspecified atom stereocenters. The summed E-state index contributed by atoms with van der Waals surface area (Å²) < 4.78 is 25.7. The number of anilines is 1. The second kappa shape index (κ2) is 6.50. The summed E-state index contributed by atoms with van der Waals surface area (Å²) in [6, 6.07) is 4.77. The van der Waals surface area contributed by atoms with Gasteiger partial charge in [0, 0.05) is 23.9 Å². The normalized spacial score (nSPS) is 12.4. The van der Waals surface area contributed by atoms with Gasteiger partial charge in [-0.05, 0) is 19.4 Å². The zero-order chi connectivity index (χ0) is 16.3. The van der Waals surface area contributed by atoms with Crippen molar-refractivity contribution >= 4 is 11.4 Å². The van der Waals surface area contributed by atoms with Crippen molar-refractivity contribution in [3.63, 3.8) is 0 Å². The lowest BCUT2D eigenvalue weighted by Gasteiger charge is -2.14. The lowest BCUT2D eigenvalue weighted by atomic mass is 10.0. The second-order valence-corrected chi connectivity index (χ2v) is 5.01. The molecule has 2 aromatic rings. The summed E-state index contributed by atoms with van der Waals surface area (Å²) in [4.78, 5) is 10.5. The van der Waals surface area contributed by atoms with E-state index in [9.17, 15) is 18.9 Å². The van der Waals surface area contributed by atoms with Gasteiger partial charge in [-0.3, -0.25) is 14.8 Å². The quantitative estimate of drug-likeness (QED) is 0.654. The maximum Gasteiger partial charge on any atom is 0.272 e. The number of aromatic nitrogens is 2. The van der Waals surface area contributed by atoms with Crippen molar-refractivity contribution in [2.24, 2.45) is 0 Å². The number of aryl methyl sites for hydroxylation is 1. The molecule has 1 atom stereocenters. The number of nitrogens with one attached hydrogen (secondary N) is 1. The van der Waals surface area contributed by atoms with E-state index in [1.165, 1.54) is 18.5 Å². The van der Waals surface area contributed by atoms with Gasteiger partial charge in [-0.2, -0.15) is 5.10 Å².